The Morgan fingerprint density at radius 3 is 2.80 bits per heavy atom. The molecule has 0 radical (unpaired) electrons. The highest BCUT2D eigenvalue weighted by atomic mass is 32.1. The molecule has 0 saturated carbocycles. The van der Waals surface area contributed by atoms with Gasteiger partial charge in [-0.15, -0.1) is 11.3 Å². The van der Waals surface area contributed by atoms with E-state index < -0.39 is 5.97 Å². The molecule has 2 heterocycles. The minimum Gasteiger partial charge on any atom is -0.454 e. The summed E-state index contributed by atoms with van der Waals surface area (Å²) in [6.07, 6.45) is 2.70. The lowest BCUT2D eigenvalue weighted by atomic mass is 10.0. The Balaban J connectivity index is 1.63. The number of nitrogens with zero attached hydrogens (tertiary/aromatic N) is 1. The number of thiophene rings is 1. The number of carbonyl (C=O) groups excluding carboxylic acids is 2. The van der Waals surface area contributed by atoms with Gasteiger partial charge >= 0.3 is 5.97 Å². The predicted molar refractivity (Wildman–Crippen MR) is 97.4 cm³/mol. The normalized spacial score (nSPS) is 13.0. The molecule has 1 aromatic carbocycles. The van der Waals surface area contributed by atoms with Crippen LogP contribution in [0.1, 0.15) is 42.6 Å². The summed E-state index contributed by atoms with van der Waals surface area (Å²) >= 11 is 1.42. The molecule has 1 aliphatic rings. The van der Waals surface area contributed by atoms with E-state index in [4.69, 9.17) is 4.74 Å². The number of fused-ring (bicyclic) bond motifs is 2. The van der Waals surface area contributed by atoms with Gasteiger partial charge in [0.05, 0.1) is 16.0 Å². The first-order chi connectivity index (χ1) is 12.1. The number of pyridine rings is 1. The Kier molecular flexibility index (Phi) is 4.09. The van der Waals surface area contributed by atoms with Crippen LogP contribution in [0.2, 0.25) is 0 Å². The molecule has 5 heteroatoms. The molecule has 126 valence electrons. The number of ether oxygens (including phenoxy) is 1. The van der Waals surface area contributed by atoms with Crippen LogP contribution in [0.25, 0.3) is 10.9 Å². The quantitative estimate of drug-likeness (QED) is 0.524. The maximum atomic E-state index is 12.8. The van der Waals surface area contributed by atoms with Gasteiger partial charge in [-0.3, -0.25) is 9.78 Å². The van der Waals surface area contributed by atoms with E-state index in [0.29, 0.717) is 10.4 Å². The molecule has 0 bridgehead atoms. The summed E-state index contributed by atoms with van der Waals surface area (Å²) in [6, 6.07) is 11.3. The Morgan fingerprint density at radius 2 is 2.00 bits per heavy atom. The summed E-state index contributed by atoms with van der Waals surface area (Å²) in [5.74, 6) is -0.597. The van der Waals surface area contributed by atoms with E-state index in [1.807, 2.05) is 37.3 Å². The fraction of sp³-hybridized carbons (Fsp3) is 0.250. The second kappa shape index (κ2) is 6.41. The van der Waals surface area contributed by atoms with Gasteiger partial charge in [0.15, 0.2) is 6.61 Å². The first kappa shape index (κ1) is 16.0. The van der Waals surface area contributed by atoms with Gasteiger partial charge in [0.25, 0.3) is 0 Å². The second-order valence-electron chi connectivity index (χ2n) is 6.19. The number of benzene rings is 1. The summed E-state index contributed by atoms with van der Waals surface area (Å²) in [5, 5.41) is 0.799. The largest absolute Gasteiger partial charge is 0.454 e. The van der Waals surface area contributed by atoms with E-state index in [0.717, 1.165) is 46.3 Å². The highest BCUT2D eigenvalue weighted by molar-refractivity contribution is 7.14. The lowest BCUT2D eigenvalue weighted by Gasteiger charge is -2.11. The topological polar surface area (TPSA) is 56.3 Å². The number of aromatic nitrogens is 1. The number of Topliss-reactive ketones (excluding diaryl/α,β-unsaturated/α-hetero) is 1. The van der Waals surface area contributed by atoms with Crippen molar-refractivity contribution in [2.24, 2.45) is 0 Å². The molecule has 0 fully saturated rings. The summed E-state index contributed by atoms with van der Waals surface area (Å²) in [7, 11) is 0. The van der Waals surface area contributed by atoms with Crippen molar-refractivity contribution >= 4 is 34.0 Å². The Hall–Kier alpha value is -2.53. The first-order valence-electron chi connectivity index (χ1n) is 8.31. The number of para-hydroxylation sites is 1. The van der Waals surface area contributed by atoms with Crippen molar-refractivity contribution < 1.29 is 14.3 Å². The van der Waals surface area contributed by atoms with Gasteiger partial charge in [0, 0.05) is 16.0 Å². The number of ketones is 1. The average Bonchev–Trinajstić information content (AvgIpc) is 3.25. The van der Waals surface area contributed by atoms with Crippen LogP contribution in [-0.4, -0.2) is 23.3 Å². The molecule has 0 saturated heterocycles. The molecule has 3 aromatic rings. The lowest BCUT2D eigenvalue weighted by Crippen LogP contribution is -2.15. The molecule has 0 aliphatic heterocycles. The van der Waals surface area contributed by atoms with Gasteiger partial charge in [-0.05, 0) is 49.9 Å². The molecule has 4 nitrogen and oxygen atoms in total. The van der Waals surface area contributed by atoms with Crippen LogP contribution in [0.15, 0.2) is 36.4 Å². The highest BCUT2D eigenvalue weighted by Crippen LogP contribution is 2.30. The standard InChI is InChI=1S/C20H17NO3S/c1-12-9-10-18(25-12)17(22)11-24-20(23)19-13-5-2-3-7-15(13)21-16-8-4-6-14(16)19/h2-3,5,7,9-10H,4,6,8,11H2,1H3. The van der Waals surface area contributed by atoms with E-state index in [1.54, 1.807) is 6.07 Å². The van der Waals surface area contributed by atoms with Crippen molar-refractivity contribution in [2.75, 3.05) is 6.61 Å². The molecule has 0 N–H and O–H groups in total. The second-order valence-corrected chi connectivity index (χ2v) is 7.48. The third kappa shape index (κ3) is 2.96. The van der Waals surface area contributed by atoms with Gasteiger partial charge in [-0.1, -0.05) is 18.2 Å². The molecule has 0 amide bonds. The zero-order valence-electron chi connectivity index (χ0n) is 13.9. The number of hydrogen-bond acceptors (Lipinski definition) is 5. The summed E-state index contributed by atoms with van der Waals surface area (Å²) in [4.78, 5) is 31.3. The van der Waals surface area contributed by atoms with Crippen LogP contribution in [0.3, 0.4) is 0 Å². The van der Waals surface area contributed by atoms with Gasteiger partial charge in [-0.25, -0.2) is 4.79 Å². The zero-order valence-corrected chi connectivity index (χ0v) is 14.7. The number of rotatable bonds is 4. The Bertz CT molecular complexity index is 990. The highest BCUT2D eigenvalue weighted by Gasteiger charge is 2.25. The van der Waals surface area contributed by atoms with Crippen molar-refractivity contribution in [3.63, 3.8) is 0 Å². The maximum absolute atomic E-state index is 12.8. The predicted octanol–water partition coefficient (Wildman–Crippen LogP) is 4.13. The monoisotopic (exact) mass is 351 g/mol. The van der Waals surface area contributed by atoms with Crippen LogP contribution in [-0.2, 0) is 17.6 Å². The van der Waals surface area contributed by atoms with Crippen molar-refractivity contribution in [3.05, 3.63) is 63.0 Å². The minimum absolute atomic E-state index is 0.165. The van der Waals surface area contributed by atoms with Crippen LogP contribution in [0.5, 0.6) is 0 Å². The summed E-state index contributed by atoms with van der Waals surface area (Å²) < 4.78 is 5.38. The maximum Gasteiger partial charge on any atom is 0.339 e. The Morgan fingerprint density at radius 1 is 1.16 bits per heavy atom. The molecular weight excluding hydrogens is 334 g/mol. The number of carbonyl (C=O) groups is 2. The summed E-state index contributed by atoms with van der Waals surface area (Å²) in [5.41, 5.74) is 3.33. The number of aryl methyl sites for hydroxylation is 2. The minimum atomic E-state index is -0.432. The molecule has 0 unspecified atom stereocenters. The average molecular weight is 351 g/mol. The van der Waals surface area contributed by atoms with Gasteiger partial charge in [-0.2, -0.15) is 0 Å². The zero-order chi connectivity index (χ0) is 17.4. The van der Waals surface area contributed by atoms with Crippen LogP contribution in [0, 0.1) is 6.92 Å². The number of hydrogen-bond donors (Lipinski definition) is 0. The molecule has 1 aliphatic carbocycles. The molecular formula is C20H17NO3S. The third-order valence-corrected chi connectivity index (χ3v) is 5.51. The van der Waals surface area contributed by atoms with Gasteiger partial charge < -0.3 is 4.74 Å². The van der Waals surface area contributed by atoms with Crippen molar-refractivity contribution in [1.29, 1.82) is 0 Å². The Labute approximate surface area is 149 Å². The summed E-state index contributed by atoms with van der Waals surface area (Å²) in [6.45, 7) is 1.71. The molecule has 4 rings (SSSR count). The van der Waals surface area contributed by atoms with Crippen molar-refractivity contribution in [1.82, 2.24) is 4.98 Å². The third-order valence-electron chi connectivity index (χ3n) is 4.47. The van der Waals surface area contributed by atoms with Crippen molar-refractivity contribution in [2.45, 2.75) is 26.2 Å². The van der Waals surface area contributed by atoms with Crippen LogP contribution >= 0.6 is 11.3 Å². The fourth-order valence-electron chi connectivity index (χ4n) is 3.30. The SMILES string of the molecule is Cc1ccc(C(=O)COC(=O)c2c3c(nc4ccccc24)CCC3)s1. The van der Waals surface area contributed by atoms with E-state index in [9.17, 15) is 9.59 Å². The first-order valence-corrected chi connectivity index (χ1v) is 9.12. The van der Waals surface area contributed by atoms with E-state index in [1.165, 1.54) is 11.3 Å². The van der Waals surface area contributed by atoms with E-state index in [-0.39, 0.29) is 12.4 Å². The van der Waals surface area contributed by atoms with Gasteiger partial charge in [0.1, 0.15) is 0 Å². The fourth-order valence-corrected chi connectivity index (χ4v) is 4.09. The van der Waals surface area contributed by atoms with Gasteiger partial charge in [0.2, 0.25) is 5.78 Å². The molecule has 0 atom stereocenters. The molecule has 2 aromatic heterocycles. The lowest BCUT2D eigenvalue weighted by molar-refractivity contribution is 0.0476. The van der Waals surface area contributed by atoms with Crippen LogP contribution in [0.4, 0.5) is 0 Å². The van der Waals surface area contributed by atoms with Crippen LogP contribution < -0.4 is 0 Å². The van der Waals surface area contributed by atoms with Crippen molar-refractivity contribution in [3.8, 4) is 0 Å². The van der Waals surface area contributed by atoms with E-state index >= 15 is 0 Å². The number of esters is 1. The van der Waals surface area contributed by atoms with E-state index in [2.05, 4.69) is 4.98 Å². The molecule has 25 heavy (non-hydrogen) atoms. The smallest absolute Gasteiger partial charge is 0.339 e. The molecule has 0 spiro atoms.